The van der Waals surface area contributed by atoms with E-state index in [0.717, 1.165) is 55.6 Å². The summed E-state index contributed by atoms with van der Waals surface area (Å²) in [6.07, 6.45) is -13.4. The van der Waals surface area contributed by atoms with Crippen LogP contribution in [0.15, 0.2) is 303 Å². The molecule has 10 aromatic carbocycles. The molecule has 0 aromatic heterocycles. The third-order valence-corrected chi connectivity index (χ3v) is 19.3. The molecule has 104 heavy (non-hydrogen) atoms. The van der Waals surface area contributed by atoms with Gasteiger partial charge in [0.1, 0.15) is 78.3 Å². The molecular weight excluding hydrogens is 1380 g/mol. The Morgan fingerprint density at radius 2 is 0.394 bits per heavy atom. The lowest BCUT2D eigenvalue weighted by Crippen LogP contribution is -2.68. The molecule has 10 aromatic rings. The van der Waals surface area contributed by atoms with Gasteiger partial charge in [0.25, 0.3) is 0 Å². The molecule has 0 unspecified atom stereocenters. The third kappa shape index (κ3) is 21.9. The minimum absolute atomic E-state index is 0.0242. The maximum atomic E-state index is 7.89. The highest BCUT2D eigenvalue weighted by molar-refractivity contribution is 9.09. The fourth-order valence-electron chi connectivity index (χ4n) is 13.1. The van der Waals surface area contributed by atoms with Crippen molar-refractivity contribution in [2.24, 2.45) is 0 Å². The molecule has 0 spiro atoms. The summed E-state index contributed by atoms with van der Waals surface area (Å²) in [5, 5.41) is -0.683. The Kier molecular flexibility index (Phi) is 28.6. The molecule has 0 aliphatic carbocycles. The summed E-state index contributed by atoms with van der Waals surface area (Å²) in [6, 6.07) is 101. The highest BCUT2D eigenvalue weighted by Gasteiger charge is 2.57. The number of rotatable bonds is 37. The summed E-state index contributed by atoms with van der Waals surface area (Å²) in [7, 11) is 0. The van der Waals surface area contributed by atoms with Gasteiger partial charge in [0.2, 0.25) is 0 Å². The van der Waals surface area contributed by atoms with Gasteiger partial charge >= 0.3 is 0 Å². The van der Waals surface area contributed by atoms with Crippen LogP contribution in [0.3, 0.4) is 0 Å². The van der Waals surface area contributed by atoms with Crippen LogP contribution in [0.1, 0.15) is 55.6 Å². The van der Waals surface area contributed by atoms with E-state index in [-0.39, 0.29) is 72.7 Å². The first kappa shape index (κ1) is 74.4. The third-order valence-electron chi connectivity index (χ3n) is 18.5. The minimum atomic E-state index is -1.26. The minimum Gasteiger partial charge on any atom is -0.374 e. The fourth-order valence-corrected chi connectivity index (χ4v) is 13.9. The standard InChI is InChI=1S/C88H91BrO15/c89-86-83(97-58-71-45-25-8-26-46-71)81(95-56-69-41-21-6-22-42-69)78(75(100-86)62-91-52-65-33-13-2-14-34-65)103-88-85(99-60-73-49-29-10-30-50-73)82(96-57-70-43-23-7-24-44-70)79(76(102-88)63-92-53-66-35-15-3-16-36-66)104-87-84(98-59-72-47-27-9-28-48-72)80(94-55-68-39-19-5-20-40-68)77(93-54-67-37-17-4-18-38-67)74(101-87)61-90-51-64-31-11-1-12-32-64/h1-50,74-88H,51-63H2/t74-,75-,76-,77+,78-,79+,80+,81+,82+,83-,84-,85-,86-,87-,88+/m1/s1. The number of ether oxygens (including phenoxy) is 15. The quantitative estimate of drug-likeness (QED) is 0.0341. The first-order valence-corrected chi connectivity index (χ1v) is 36.8. The van der Waals surface area contributed by atoms with E-state index in [9.17, 15) is 0 Å². The predicted octanol–water partition coefficient (Wildman–Crippen LogP) is 16.1. The number of alkyl halides is 1. The number of hydrogen-bond acceptors (Lipinski definition) is 15. The molecule has 0 saturated carbocycles. The van der Waals surface area contributed by atoms with E-state index in [1.165, 1.54) is 0 Å². The van der Waals surface area contributed by atoms with Gasteiger partial charge in [-0.05, 0) is 55.6 Å². The van der Waals surface area contributed by atoms with Gasteiger partial charge < -0.3 is 71.1 Å². The van der Waals surface area contributed by atoms with Gasteiger partial charge in [0, 0.05) is 0 Å². The summed E-state index contributed by atoms with van der Waals surface area (Å²) in [4.78, 5) is 0. The Morgan fingerprint density at radius 3 is 0.663 bits per heavy atom. The van der Waals surface area contributed by atoms with Gasteiger partial charge in [0.05, 0.1) is 85.9 Å². The smallest absolute Gasteiger partial charge is 0.187 e. The van der Waals surface area contributed by atoms with Crippen LogP contribution in [0.25, 0.3) is 0 Å². The van der Waals surface area contributed by atoms with Crippen LogP contribution in [0.4, 0.5) is 0 Å². The van der Waals surface area contributed by atoms with Gasteiger partial charge in [-0.25, -0.2) is 0 Å². The van der Waals surface area contributed by atoms with Gasteiger partial charge in [-0.2, -0.15) is 0 Å². The van der Waals surface area contributed by atoms with Crippen LogP contribution < -0.4 is 0 Å². The Morgan fingerprint density at radius 1 is 0.202 bits per heavy atom. The van der Waals surface area contributed by atoms with Crippen molar-refractivity contribution in [1.29, 1.82) is 0 Å². The van der Waals surface area contributed by atoms with Crippen molar-refractivity contribution in [3.05, 3.63) is 359 Å². The summed E-state index contributed by atoms with van der Waals surface area (Å²) >= 11 is 3.96. The molecule has 15 nitrogen and oxygen atoms in total. The lowest BCUT2D eigenvalue weighted by Gasteiger charge is -2.51. The van der Waals surface area contributed by atoms with E-state index >= 15 is 0 Å². The topological polar surface area (TPSA) is 138 Å². The fraction of sp³-hybridized carbons (Fsp3) is 0.318. The van der Waals surface area contributed by atoms with E-state index in [1.54, 1.807) is 0 Å². The van der Waals surface area contributed by atoms with Gasteiger partial charge in [-0.1, -0.05) is 319 Å². The SMILES string of the molecule is Br[C@@H]1O[C@H](COCc2ccccc2)[C@@H](O[C@@H]2O[C@H](COCc3ccccc3)[C@H](O[C@H]3O[C@H](COCc4ccccc4)[C@H](OCc4ccccc4)[C@H](OCc4ccccc4)[C@H]3OCc3ccccc3)[C@H](OCc3ccccc3)[C@H]2OCc2ccccc2)[C@H](OCc2ccccc2)[C@H]1OCc1ccccc1. The van der Waals surface area contributed by atoms with Crippen LogP contribution in [0, 0.1) is 0 Å². The Labute approximate surface area is 619 Å². The van der Waals surface area contributed by atoms with Gasteiger partial charge in [-0.3, -0.25) is 0 Å². The molecule has 0 radical (unpaired) electrons. The van der Waals surface area contributed by atoms with Crippen molar-refractivity contribution in [2.45, 2.75) is 157 Å². The van der Waals surface area contributed by atoms with E-state index in [1.807, 2.05) is 303 Å². The Bertz CT molecular complexity index is 3960. The van der Waals surface area contributed by atoms with E-state index in [4.69, 9.17) is 71.1 Å². The van der Waals surface area contributed by atoms with Gasteiger partial charge in [0.15, 0.2) is 12.6 Å². The first-order valence-electron chi connectivity index (χ1n) is 35.8. The highest BCUT2D eigenvalue weighted by atomic mass is 79.9. The number of benzene rings is 10. The molecule has 0 N–H and O–H groups in total. The Balaban J connectivity index is 0.929. The molecule has 3 heterocycles. The van der Waals surface area contributed by atoms with Crippen LogP contribution in [0.2, 0.25) is 0 Å². The second kappa shape index (κ2) is 40.0. The van der Waals surface area contributed by atoms with Crippen molar-refractivity contribution in [3.8, 4) is 0 Å². The predicted molar refractivity (Wildman–Crippen MR) is 398 cm³/mol. The van der Waals surface area contributed by atoms with Gasteiger partial charge in [-0.15, -0.1) is 0 Å². The molecule has 540 valence electrons. The average molecular weight is 1470 g/mol. The van der Waals surface area contributed by atoms with Crippen molar-refractivity contribution >= 4 is 15.9 Å². The van der Waals surface area contributed by atoms with Crippen LogP contribution in [0.5, 0.6) is 0 Å². The normalized spacial score (nSPS) is 24.8. The maximum absolute atomic E-state index is 7.89. The van der Waals surface area contributed by atoms with Crippen molar-refractivity contribution in [2.75, 3.05) is 19.8 Å². The number of hydrogen-bond donors (Lipinski definition) is 0. The van der Waals surface area contributed by atoms with E-state index in [2.05, 4.69) is 15.9 Å². The molecule has 16 heteroatoms. The average Bonchev–Trinajstić information content (AvgIpc) is 0.764. The van der Waals surface area contributed by atoms with E-state index < -0.39 is 90.8 Å². The first-order chi connectivity index (χ1) is 51.5. The summed E-state index contributed by atoms with van der Waals surface area (Å²) in [5.41, 5.74) is 9.52. The largest absolute Gasteiger partial charge is 0.374 e. The second-order valence-electron chi connectivity index (χ2n) is 26.1. The van der Waals surface area contributed by atoms with E-state index in [0.29, 0.717) is 13.2 Å². The van der Waals surface area contributed by atoms with Crippen molar-refractivity contribution in [1.82, 2.24) is 0 Å². The summed E-state index contributed by atoms with van der Waals surface area (Å²) in [5.74, 6) is 0. The zero-order valence-electron chi connectivity index (χ0n) is 58.2. The van der Waals surface area contributed by atoms with Crippen molar-refractivity contribution < 1.29 is 71.1 Å². The second-order valence-corrected chi connectivity index (χ2v) is 27.0. The molecule has 0 amide bonds. The zero-order valence-corrected chi connectivity index (χ0v) is 59.8. The molecule has 0 bridgehead atoms. The highest BCUT2D eigenvalue weighted by Crippen LogP contribution is 2.40. The monoisotopic (exact) mass is 1470 g/mol. The number of halogens is 1. The molecule has 3 fully saturated rings. The van der Waals surface area contributed by atoms with Crippen LogP contribution >= 0.6 is 15.9 Å². The zero-order chi connectivity index (χ0) is 70.6. The Hall–Kier alpha value is -7.92. The lowest BCUT2D eigenvalue weighted by atomic mass is 9.95. The molecular formula is C88H91BrO15. The molecule has 15 atom stereocenters. The van der Waals surface area contributed by atoms with Crippen molar-refractivity contribution in [3.63, 3.8) is 0 Å². The van der Waals surface area contributed by atoms with Crippen LogP contribution in [-0.2, 0) is 137 Å². The maximum Gasteiger partial charge on any atom is 0.187 e. The summed E-state index contributed by atoms with van der Waals surface area (Å²) in [6.45, 7) is 2.31. The molecule has 3 aliphatic heterocycles. The van der Waals surface area contributed by atoms with Crippen LogP contribution in [-0.4, -0.2) is 111 Å². The lowest BCUT2D eigenvalue weighted by molar-refractivity contribution is -0.388. The molecule has 3 saturated heterocycles. The molecule has 3 aliphatic rings. The molecule has 13 rings (SSSR count). The summed E-state index contributed by atoms with van der Waals surface area (Å²) < 4.78 is 109.